The first-order valence-electron chi connectivity index (χ1n) is 9.44. The van der Waals surface area contributed by atoms with Gasteiger partial charge in [0.1, 0.15) is 10.5 Å². The summed E-state index contributed by atoms with van der Waals surface area (Å²) in [7, 11) is -2.69. The smallest absolute Gasteiger partial charge is 0.337 e. The molecule has 0 amide bonds. The highest BCUT2D eigenvalue weighted by Crippen LogP contribution is 2.40. The summed E-state index contributed by atoms with van der Waals surface area (Å²) in [5.74, 6) is -1.08. The van der Waals surface area contributed by atoms with Gasteiger partial charge >= 0.3 is 5.97 Å². The minimum atomic E-state index is -4.16. The molecule has 2 N–H and O–H groups in total. The molecule has 7 heteroatoms. The van der Waals surface area contributed by atoms with Crippen molar-refractivity contribution in [3.63, 3.8) is 0 Å². The van der Waals surface area contributed by atoms with Crippen molar-refractivity contribution in [3.05, 3.63) is 60.2 Å². The maximum Gasteiger partial charge on any atom is 0.337 e. The molecule has 2 atom stereocenters. The van der Waals surface area contributed by atoms with Gasteiger partial charge in [0.05, 0.1) is 12.0 Å². The van der Waals surface area contributed by atoms with Crippen LogP contribution in [0.5, 0.6) is 5.75 Å². The predicted molar refractivity (Wildman–Crippen MR) is 111 cm³/mol. The third kappa shape index (κ3) is 4.62. The number of carboxylic acid groups (broad SMARTS) is 1. The minimum absolute atomic E-state index is 0.00744. The highest BCUT2D eigenvalue weighted by Gasteiger charge is 2.57. The number of carboxylic acids is 1. The van der Waals surface area contributed by atoms with Crippen molar-refractivity contribution in [2.45, 2.75) is 54.8 Å². The number of ether oxygens (including phenoxy) is 1. The monoisotopic (exact) mass is 420 g/mol. The molecule has 0 saturated carbocycles. The zero-order valence-electron chi connectivity index (χ0n) is 17.0. The Morgan fingerprint density at radius 3 is 2.10 bits per heavy atom. The number of hydrogen-bond acceptors (Lipinski definition) is 5. The summed E-state index contributed by atoms with van der Waals surface area (Å²) in [4.78, 5) is 11.7. The van der Waals surface area contributed by atoms with Crippen molar-refractivity contribution in [2.24, 2.45) is 0 Å². The van der Waals surface area contributed by atoms with Crippen molar-refractivity contribution in [2.75, 3.05) is 7.11 Å². The third-order valence-electron chi connectivity index (χ3n) is 5.62. The molecular formula is C22H28O6S. The lowest BCUT2D eigenvalue weighted by molar-refractivity contribution is -0.160. The van der Waals surface area contributed by atoms with Crippen molar-refractivity contribution in [1.29, 1.82) is 0 Å². The topological polar surface area (TPSA) is 101 Å². The molecule has 0 spiro atoms. The first-order valence-corrected chi connectivity index (χ1v) is 10.9. The van der Waals surface area contributed by atoms with E-state index >= 15 is 0 Å². The molecule has 29 heavy (non-hydrogen) atoms. The van der Waals surface area contributed by atoms with E-state index in [2.05, 4.69) is 0 Å². The van der Waals surface area contributed by atoms with Crippen LogP contribution >= 0.6 is 0 Å². The Kier molecular flexibility index (Phi) is 7.08. The van der Waals surface area contributed by atoms with Crippen molar-refractivity contribution in [1.82, 2.24) is 0 Å². The molecule has 0 radical (unpaired) electrons. The summed E-state index contributed by atoms with van der Waals surface area (Å²) < 4.78 is 30.0. The van der Waals surface area contributed by atoms with E-state index in [0.717, 1.165) is 18.9 Å². The summed E-state index contributed by atoms with van der Waals surface area (Å²) in [5.41, 5.74) is -1.34. The largest absolute Gasteiger partial charge is 0.497 e. The number of methoxy groups -OCH3 is 1. The first-order chi connectivity index (χ1) is 13.6. The van der Waals surface area contributed by atoms with Gasteiger partial charge in [-0.25, -0.2) is 13.2 Å². The Morgan fingerprint density at radius 2 is 1.59 bits per heavy atom. The number of hydrogen-bond donors (Lipinski definition) is 2. The van der Waals surface area contributed by atoms with Gasteiger partial charge in [-0.3, -0.25) is 0 Å². The van der Waals surface area contributed by atoms with Gasteiger partial charge in [0.2, 0.25) is 0 Å². The Hall–Kier alpha value is -2.38. The Morgan fingerprint density at radius 1 is 1.00 bits per heavy atom. The van der Waals surface area contributed by atoms with Crippen LogP contribution in [0, 0.1) is 0 Å². The molecule has 2 rings (SSSR count). The lowest BCUT2D eigenvalue weighted by Gasteiger charge is -2.39. The third-order valence-corrected chi connectivity index (χ3v) is 8.30. The average Bonchev–Trinajstić information content (AvgIpc) is 2.71. The van der Waals surface area contributed by atoms with E-state index in [4.69, 9.17) is 4.74 Å². The zero-order valence-corrected chi connectivity index (χ0v) is 17.8. The normalized spacial score (nSPS) is 15.9. The molecule has 0 aliphatic carbocycles. The van der Waals surface area contributed by atoms with E-state index in [-0.39, 0.29) is 11.3 Å². The van der Waals surface area contributed by atoms with Gasteiger partial charge < -0.3 is 14.9 Å². The maximum atomic E-state index is 13.4. The molecular weight excluding hydrogens is 392 g/mol. The van der Waals surface area contributed by atoms with Gasteiger partial charge in [-0.1, -0.05) is 36.8 Å². The molecule has 0 fully saturated rings. The number of unbranched alkanes of at least 4 members (excludes halogenated alkanes) is 1. The summed E-state index contributed by atoms with van der Waals surface area (Å²) in [6.45, 7) is 2.36. The van der Waals surface area contributed by atoms with Crippen molar-refractivity contribution in [3.8, 4) is 5.75 Å². The quantitative estimate of drug-likeness (QED) is 0.571. The highest BCUT2D eigenvalue weighted by molar-refractivity contribution is 7.93. The summed E-state index contributed by atoms with van der Waals surface area (Å²) >= 11 is 0. The van der Waals surface area contributed by atoms with Crippen molar-refractivity contribution >= 4 is 15.8 Å². The number of rotatable bonds is 10. The van der Waals surface area contributed by atoms with Crippen LogP contribution in [0.1, 0.15) is 38.7 Å². The molecule has 0 aliphatic heterocycles. The van der Waals surface area contributed by atoms with Gasteiger partial charge in [-0.2, -0.15) is 0 Å². The fraction of sp³-hybridized carbons (Fsp3) is 0.409. The second-order valence-corrected chi connectivity index (χ2v) is 9.86. The van der Waals surface area contributed by atoms with E-state index in [1.165, 1.54) is 38.3 Å². The number of carbonyl (C=O) groups is 1. The van der Waals surface area contributed by atoms with E-state index in [1.54, 1.807) is 0 Å². The minimum Gasteiger partial charge on any atom is -0.497 e. The Bertz CT molecular complexity index is 920. The molecule has 0 heterocycles. The summed E-state index contributed by atoms with van der Waals surface area (Å²) in [5, 5.41) is 20.3. The van der Waals surface area contributed by atoms with Crippen LogP contribution in [-0.2, 0) is 21.1 Å². The number of aliphatic hydroxyl groups is 1. The molecule has 0 bridgehead atoms. The molecule has 0 aromatic heterocycles. The molecule has 0 saturated heterocycles. The second-order valence-electron chi connectivity index (χ2n) is 7.48. The van der Waals surface area contributed by atoms with E-state index in [9.17, 15) is 23.4 Å². The first kappa shape index (κ1) is 22.9. The SMILES string of the molecule is COc1ccc(S(=O)(=O)C(C)(CCCCc2ccccc2)C(C)(O)C(=O)O)cc1. The molecule has 6 nitrogen and oxygen atoms in total. The maximum absolute atomic E-state index is 13.4. The zero-order chi connectivity index (χ0) is 21.7. The summed E-state index contributed by atoms with van der Waals surface area (Å²) in [6, 6.07) is 15.5. The number of aryl methyl sites for hydroxylation is 1. The van der Waals surface area contributed by atoms with Crippen LogP contribution in [0.4, 0.5) is 0 Å². The fourth-order valence-corrected chi connectivity index (χ4v) is 5.35. The molecule has 0 aliphatic rings. The molecule has 158 valence electrons. The van der Waals surface area contributed by atoms with Gasteiger partial charge in [0.25, 0.3) is 0 Å². The van der Waals surface area contributed by atoms with E-state index in [0.29, 0.717) is 18.6 Å². The lowest BCUT2D eigenvalue weighted by Crippen LogP contribution is -2.59. The van der Waals surface area contributed by atoms with Crippen LogP contribution in [0.15, 0.2) is 59.5 Å². The number of sulfone groups is 1. The van der Waals surface area contributed by atoms with Gasteiger partial charge in [0.15, 0.2) is 15.4 Å². The number of benzene rings is 2. The second kappa shape index (κ2) is 8.97. The molecule has 2 unspecified atom stereocenters. The van der Waals surface area contributed by atoms with Gasteiger partial charge in [-0.15, -0.1) is 0 Å². The van der Waals surface area contributed by atoms with E-state index < -0.39 is 26.2 Å². The van der Waals surface area contributed by atoms with Gasteiger partial charge in [-0.05, 0) is 62.9 Å². The highest BCUT2D eigenvalue weighted by atomic mass is 32.2. The van der Waals surface area contributed by atoms with Crippen molar-refractivity contribution < 1.29 is 28.2 Å². The van der Waals surface area contributed by atoms with Crippen LogP contribution in [0.25, 0.3) is 0 Å². The van der Waals surface area contributed by atoms with Crippen LogP contribution in [-0.4, -0.2) is 42.1 Å². The Labute approximate surface area is 172 Å². The Balaban J connectivity index is 2.30. The van der Waals surface area contributed by atoms with E-state index in [1.807, 2.05) is 30.3 Å². The molecule has 2 aromatic rings. The number of aliphatic carboxylic acids is 1. The van der Waals surface area contributed by atoms with Crippen LogP contribution in [0.2, 0.25) is 0 Å². The average molecular weight is 421 g/mol. The molecule has 2 aromatic carbocycles. The van der Waals surface area contributed by atoms with Crippen LogP contribution < -0.4 is 4.74 Å². The van der Waals surface area contributed by atoms with Crippen LogP contribution in [0.3, 0.4) is 0 Å². The fourth-order valence-electron chi connectivity index (χ4n) is 3.32. The lowest BCUT2D eigenvalue weighted by atomic mass is 9.85. The van der Waals surface area contributed by atoms with Gasteiger partial charge in [0, 0.05) is 0 Å². The predicted octanol–water partition coefficient (Wildman–Crippen LogP) is 3.48. The summed E-state index contributed by atoms with van der Waals surface area (Å²) in [6.07, 6.45) is 1.87. The standard InChI is InChI=1S/C22H28O6S/c1-21(22(2,25)20(23)24,16-8-7-11-17-9-5-4-6-10-17)29(26,27)19-14-12-18(28-3)13-15-19/h4-6,9-10,12-15,25H,7-8,11,16H2,1-3H3,(H,23,24).